The Morgan fingerprint density at radius 2 is 1.68 bits per heavy atom. The number of aryl methyl sites for hydroxylation is 1. The van der Waals surface area contributed by atoms with E-state index in [0.717, 1.165) is 11.3 Å². The maximum atomic E-state index is 12.5. The number of para-hydroxylation sites is 1. The van der Waals surface area contributed by atoms with Crippen molar-refractivity contribution >= 4 is 15.9 Å². The number of carbonyl (C=O) groups excluding carboxylic acids is 1. The molecular weight excluding hydrogens is 376 g/mol. The minimum absolute atomic E-state index is 0.129. The average Bonchev–Trinajstić information content (AvgIpc) is 2.60. The number of hydrogen-bond donors (Lipinski definition) is 1. The first-order valence-corrected chi connectivity index (χ1v) is 10.6. The molecule has 0 aliphatic rings. The van der Waals surface area contributed by atoms with Gasteiger partial charge in [0.25, 0.3) is 5.91 Å². The SMILES string of the molecule is Cc1ccccc1OCCN(C)C(=O)c1ccc(S(=O)(=O)NC(C)(C)C)cc1. The van der Waals surface area contributed by atoms with Crippen LogP contribution in [0.1, 0.15) is 36.7 Å². The number of ether oxygens (including phenoxy) is 1. The van der Waals surface area contributed by atoms with Gasteiger partial charge in [0, 0.05) is 18.2 Å². The lowest BCUT2D eigenvalue weighted by Gasteiger charge is -2.21. The molecule has 0 aliphatic carbocycles. The fourth-order valence-corrected chi connectivity index (χ4v) is 3.99. The molecule has 6 nitrogen and oxygen atoms in total. The van der Waals surface area contributed by atoms with E-state index < -0.39 is 15.6 Å². The summed E-state index contributed by atoms with van der Waals surface area (Å²) in [6.45, 7) is 8.07. The number of benzene rings is 2. The van der Waals surface area contributed by atoms with Crippen LogP contribution in [-0.4, -0.2) is 45.0 Å². The van der Waals surface area contributed by atoms with E-state index in [4.69, 9.17) is 4.74 Å². The summed E-state index contributed by atoms with van der Waals surface area (Å²) in [6.07, 6.45) is 0. The summed E-state index contributed by atoms with van der Waals surface area (Å²) in [5, 5.41) is 0. The highest BCUT2D eigenvalue weighted by Crippen LogP contribution is 2.17. The lowest BCUT2D eigenvalue weighted by Crippen LogP contribution is -2.40. The summed E-state index contributed by atoms with van der Waals surface area (Å²) >= 11 is 0. The molecule has 152 valence electrons. The van der Waals surface area contributed by atoms with Crippen molar-refractivity contribution in [2.45, 2.75) is 38.1 Å². The van der Waals surface area contributed by atoms with E-state index in [0.29, 0.717) is 18.7 Å². The van der Waals surface area contributed by atoms with Crippen molar-refractivity contribution in [2.75, 3.05) is 20.2 Å². The largest absolute Gasteiger partial charge is 0.491 e. The standard InChI is InChI=1S/C21H28N2O4S/c1-16-8-6-7-9-19(16)27-15-14-23(5)20(24)17-10-12-18(13-11-17)28(25,26)22-21(2,3)4/h6-13,22H,14-15H2,1-5H3. The normalized spacial score (nSPS) is 11.9. The average molecular weight is 405 g/mol. The van der Waals surface area contributed by atoms with Crippen LogP contribution in [0.5, 0.6) is 5.75 Å². The molecule has 2 rings (SSSR count). The van der Waals surface area contributed by atoms with Crippen molar-refractivity contribution in [1.29, 1.82) is 0 Å². The minimum Gasteiger partial charge on any atom is -0.491 e. The fourth-order valence-electron chi connectivity index (χ4n) is 2.57. The van der Waals surface area contributed by atoms with E-state index in [1.807, 2.05) is 31.2 Å². The topological polar surface area (TPSA) is 75.7 Å². The monoisotopic (exact) mass is 404 g/mol. The lowest BCUT2D eigenvalue weighted by atomic mass is 10.1. The third-order valence-electron chi connectivity index (χ3n) is 3.98. The molecule has 0 radical (unpaired) electrons. The van der Waals surface area contributed by atoms with Gasteiger partial charge in [-0.15, -0.1) is 0 Å². The van der Waals surface area contributed by atoms with Crippen LogP contribution in [0.3, 0.4) is 0 Å². The van der Waals surface area contributed by atoms with Gasteiger partial charge in [-0.25, -0.2) is 13.1 Å². The van der Waals surface area contributed by atoms with Crippen molar-refractivity contribution in [2.24, 2.45) is 0 Å². The van der Waals surface area contributed by atoms with Crippen LogP contribution in [0.25, 0.3) is 0 Å². The molecule has 0 fully saturated rings. The van der Waals surface area contributed by atoms with Gasteiger partial charge in [0.05, 0.1) is 11.4 Å². The van der Waals surface area contributed by atoms with Crippen LogP contribution in [0.4, 0.5) is 0 Å². The molecule has 0 spiro atoms. The zero-order valence-electron chi connectivity index (χ0n) is 17.0. The summed E-state index contributed by atoms with van der Waals surface area (Å²) in [5.74, 6) is 0.602. The highest BCUT2D eigenvalue weighted by atomic mass is 32.2. The number of likely N-dealkylation sites (N-methyl/N-ethyl adjacent to an activating group) is 1. The molecule has 0 aromatic heterocycles. The summed E-state index contributed by atoms with van der Waals surface area (Å²) in [5.41, 5.74) is 0.884. The van der Waals surface area contributed by atoms with Gasteiger partial charge in [0.2, 0.25) is 10.0 Å². The van der Waals surface area contributed by atoms with Crippen LogP contribution >= 0.6 is 0 Å². The first kappa shape index (κ1) is 21.9. The predicted molar refractivity (Wildman–Crippen MR) is 110 cm³/mol. The molecule has 0 heterocycles. The number of nitrogens with one attached hydrogen (secondary N) is 1. The smallest absolute Gasteiger partial charge is 0.253 e. The number of rotatable bonds is 7. The summed E-state index contributed by atoms with van der Waals surface area (Å²) in [4.78, 5) is 14.2. The van der Waals surface area contributed by atoms with Crippen molar-refractivity contribution in [3.8, 4) is 5.75 Å². The fraction of sp³-hybridized carbons (Fsp3) is 0.381. The van der Waals surface area contributed by atoms with E-state index in [9.17, 15) is 13.2 Å². The van der Waals surface area contributed by atoms with Crippen molar-refractivity contribution < 1.29 is 17.9 Å². The minimum atomic E-state index is -3.62. The van der Waals surface area contributed by atoms with E-state index in [1.165, 1.54) is 24.3 Å². The molecule has 0 saturated heterocycles. The second-order valence-corrected chi connectivity index (χ2v) is 9.40. The van der Waals surface area contributed by atoms with Gasteiger partial charge in [0.1, 0.15) is 12.4 Å². The highest BCUT2D eigenvalue weighted by Gasteiger charge is 2.22. The van der Waals surface area contributed by atoms with E-state index in [-0.39, 0.29) is 10.8 Å². The first-order valence-electron chi connectivity index (χ1n) is 9.07. The van der Waals surface area contributed by atoms with Crippen molar-refractivity contribution in [3.63, 3.8) is 0 Å². The van der Waals surface area contributed by atoms with Gasteiger partial charge in [-0.1, -0.05) is 18.2 Å². The first-order chi connectivity index (χ1) is 13.0. The predicted octanol–water partition coefficient (Wildman–Crippen LogP) is 3.22. The van der Waals surface area contributed by atoms with Crippen LogP contribution in [0, 0.1) is 6.92 Å². The number of amides is 1. The molecule has 1 N–H and O–H groups in total. The molecule has 0 bridgehead atoms. The lowest BCUT2D eigenvalue weighted by molar-refractivity contribution is 0.0773. The molecule has 2 aromatic carbocycles. The maximum absolute atomic E-state index is 12.5. The second-order valence-electron chi connectivity index (χ2n) is 7.72. The van der Waals surface area contributed by atoms with Crippen LogP contribution in [0.15, 0.2) is 53.4 Å². The number of nitrogens with zero attached hydrogens (tertiary/aromatic N) is 1. The van der Waals surface area contributed by atoms with Gasteiger partial charge < -0.3 is 9.64 Å². The highest BCUT2D eigenvalue weighted by molar-refractivity contribution is 7.89. The molecule has 1 amide bonds. The zero-order valence-corrected chi connectivity index (χ0v) is 17.8. The third-order valence-corrected chi connectivity index (χ3v) is 5.75. The Balaban J connectivity index is 1.97. The van der Waals surface area contributed by atoms with Crippen molar-refractivity contribution in [1.82, 2.24) is 9.62 Å². The Morgan fingerprint density at radius 1 is 1.07 bits per heavy atom. The Morgan fingerprint density at radius 3 is 2.25 bits per heavy atom. The molecule has 0 atom stereocenters. The van der Waals surface area contributed by atoms with Gasteiger partial charge in [-0.3, -0.25) is 4.79 Å². The van der Waals surface area contributed by atoms with E-state index in [1.54, 1.807) is 32.7 Å². The Bertz CT molecular complexity index is 916. The van der Waals surface area contributed by atoms with Crippen LogP contribution in [-0.2, 0) is 10.0 Å². The Labute approximate surface area is 167 Å². The molecule has 0 unspecified atom stereocenters. The summed E-state index contributed by atoms with van der Waals surface area (Å²) < 4.78 is 33.0. The molecular formula is C21H28N2O4S. The molecule has 7 heteroatoms. The number of hydrogen-bond acceptors (Lipinski definition) is 4. The zero-order chi connectivity index (χ0) is 20.9. The summed E-state index contributed by atoms with van der Waals surface area (Å²) in [7, 11) is -1.93. The van der Waals surface area contributed by atoms with Crippen molar-refractivity contribution in [3.05, 3.63) is 59.7 Å². The molecule has 28 heavy (non-hydrogen) atoms. The van der Waals surface area contributed by atoms with Gasteiger partial charge in [-0.05, 0) is 63.6 Å². The number of carbonyl (C=O) groups is 1. The second kappa shape index (κ2) is 8.75. The van der Waals surface area contributed by atoms with E-state index >= 15 is 0 Å². The van der Waals surface area contributed by atoms with Crippen LogP contribution < -0.4 is 9.46 Å². The van der Waals surface area contributed by atoms with E-state index in [2.05, 4.69) is 4.72 Å². The molecule has 0 aliphatic heterocycles. The third kappa shape index (κ3) is 6.07. The molecule has 0 saturated carbocycles. The maximum Gasteiger partial charge on any atom is 0.253 e. The van der Waals surface area contributed by atoms with Gasteiger partial charge in [-0.2, -0.15) is 0 Å². The molecule has 2 aromatic rings. The Kier molecular flexibility index (Phi) is 6.85. The Hall–Kier alpha value is -2.38. The number of sulfonamides is 1. The van der Waals surface area contributed by atoms with Gasteiger partial charge >= 0.3 is 0 Å². The quantitative estimate of drug-likeness (QED) is 0.769. The summed E-state index contributed by atoms with van der Waals surface area (Å²) in [6, 6.07) is 13.6. The van der Waals surface area contributed by atoms with Gasteiger partial charge in [0.15, 0.2) is 0 Å². The van der Waals surface area contributed by atoms with Crippen LogP contribution in [0.2, 0.25) is 0 Å².